The lowest BCUT2D eigenvalue weighted by Gasteiger charge is -2.12. The van der Waals surface area contributed by atoms with Crippen molar-refractivity contribution in [2.24, 2.45) is 0 Å². The smallest absolute Gasteiger partial charge is 0.262 e. The lowest BCUT2D eigenvalue weighted by Crippen LogP contribution is -2.28. The van der Waals surface area contributed by atoms with E-state index < -0.39 is 0 Å². The first-order valence-electron chi connectivity index (χ1n) is 9.16. The van der Waals surface area contributed by atoms with E-state index in [1.54, 1.807) is 18.2 Å². The molecule has 1 amide bonds. The molecule has 28 heavy (non-hydrogen) atoms. The van der Waals surface area contributed by atoms with Gasteiger partial charge in [-0.2, -0.15) is 0 Å². The van der Waals surface area contributed by atoms with Crippen LogP contribution in [0.2, 0.25) is 0 Å². The predicted molar refractivity (Wildman–Crippen MR) is 113 cm³/mol. The van der Waals surface area contributed by atoms with Gasteiger partial charge in [0, 0.05) is 12.1 Å². The molecular formula is C21H23N3O3S. The molecule has 3 aromatic rings. The van der Waals surface area contributed by atoms with E-state index in [-0.39, 0.29) is 11.5 Å². The summed E-state index contributed by atoms with van der Waals surface area (Å²) in [5, 5.41) is 3.34. The number of H-pyrrole nitrogens is 1. The molecule has 0 spiro atoms. The minimum Gasteiger partial charge on any atom is -0.491 e. The van der Waals surface area contributed by atoms with E-state index in [2.05, 4.69) is 10.3 Å². The molecule has 2 N–H and O–H groups in total. The van der Waals surface area contributed by atoms with Gasteiger partial charge in [0.05, 0.1) is 17.4 Å². The molecule has 1 aromatic heterocycles. The van der Waals surface area contributed by atoms with Crippen molar-refractivity contribution in [3.05, 3.63) is 68.2 Å². The zero-order valence-corrected chi connectivity index (χ0v) is 17.0. The minimum atomic E-state index is -0.231. The van der Waals surface area contributed by atoms with Crippen LogP contribution in [0, 0.1) is 18.6 Å². The molecule has 7 heteroatoms. The number of nitrogens with zero attached hydrogens (tertiary/aromatic N) is 1. The summed E-state index contributed by atoms with van der Waals surface area (Å²) in [4.78, 5) is 27.9. The molecule has 3 rings (SSSR count). The second-order valence-electron chi connectivity index (χ2n) is 6.57. The fourth-order valence-corrected chi connectivity index (χ4v) is 3.45. The largest absolute Gasteiger partial charge is 0.491 e. The summed E-state index contributed by atoms with van der Waals surface area (Å²) in [7, 11) is 0. The van der Waals surface area contributed by atoms with Gasteiger partial charge in [0.1, 0.15) is 12.4 Å². The van der Waals surface area contributed by atoms with Gasteiger partial charge in [0.2, 0.25) is 0 Å². The van der Waals surface area contributed by atoms with Crippen molar-refractivity contribution in [1.29, 1.82) is 0 Å². The van der Waals surface area contributed by atoms with Crippen LogP contribution in [0.25, 0.3) is 10.9 Å². The molecule has 0 aliphatic heterocycles. The maximum atomic E-state index is 12.4. The summed E-state index contributed by atoms with van der Waals surface area (Å²) in [6.07, 6.45) is 0. The Morgan fingerprint density at radius 2 is 1.93 bits per heavy atom. The molecule has 0 unspecified atom stereocenters. The van der Waals surface area contributed by atoms with Gasteiger partial charge < -0.3 is 15.0 Å². The highest BCUT2D eigenvalue weighted by Gasteiger charge is 2.10. The molecule has 0 saturated carbocycles. The van der Waals surface area contributed by atoms with Gasteiger partial charge in [-0.15, -0.1) is 0 Å². The Balaban J connectivity index is 1.68. The summed E-state index contributed by atoms with van der Waals surface area (Å²) in [5.74, 6) is 0.619. The lowest BCUT2D eigenvalue weighted by atomic mass is 10.1. The zero-order chi connectivity index (χ0) is 20.3. The number of aromatic nitrogens is 2. The van der Waals surface area contributed by atoms with Crippen molar-refractivity contribution in [2.45, 2.75) is 27.3 Å². The molecule has 1 heterocycles. The summed E-state index contributed by atoms with van der Waals surface area (Å²) in [6, 6.07) is 10.9. The number of carbonyl (C=O) groups is 1. The molecule has 0 aliphatic carbocycles. The Morgan fingerprint density at radius 1 is 1.21 bits per heavy atom. The zero-order valence-electron chi connectivity index (χ0n) is 16.2. The van der Waals surface area contributed by atoms with Crippen molar-refractivity contribution in [2.75, 3.05) is 13.2 Å². The van der Waals surface area contributed by atoms with E-state index in [1.165, 1.54) is 4.57 Å². The number of fused-ring (bicyclic) bond motifs is 1. The van der Waals surface area contributed by atoms with Crippen LogP contribution in [0.5, 0.6) is 5.75 Å². The number of amides is 1. The van der Waals surface area contributed by atoms with Gasteiger partial charge in [-0.25, -0.2) is 0 Å². The van der Waals surface area contributed by atoms with E-state index in [1.807, 2.05) is 39.0 Å². The van der Waals surface area contributed by atoms with E-state index in [0.717, 1.165) is 16.9 Å². The second-order valence-corrected chi connectivity index (χ2v) is 6.95. The van der Waals surface area contributed by atoms with Crippen LogP contribution in [0.3, 0.4) is 0 Å². The van der Waals surface area contributed by atoms with Crippen LogP contribution < -0.4 is 15.6 Å². The third-order valence-electron chi connectivity index (χ3n) is 4.60. The number of aryl methyl sites for hydroxylation is 2. The van der Waals surface area contributed by atoms with E-state index in [9.17, 15) is 9.59 Å². The Kier molecular flexibility index (Phi) is 5.94. The predicted octanol–water partition coefficient (Wildman–Crippen LogP) is 3.50. The SMILES string of the molecule is CCn1c(=S)[nH]c2cc(C(=O)NCCOc3c(C)cccc3C)ccc2c1=O. The number of hydrogen-bond acceptors (Lipinski definition) is 4. The van der Waals surface area contributed by atoms with Gasteiger partial charge >= 0.3 is 0 Å². The molecule has 2 aromatic carbocycles. The Hall–Kier alpha value is -2.93. The molecule has 0 saturated heterocycles. The number of rotatable bonds is 6. The van der Waals surface area contributed by atoms with Crippen LogP contribution in [0.1, 0.15) is 28.4 Å². The van der Waals surface area contributed by atoms with Gasteiger partial charge in [-0.3, -0.25) is 14.2 Å². The summed E-state index contributed by atoms with van der Waals surface area (Å²) in [6.45, 7) is 7.08. The van der Waals surface area contributed by atoms with Gasteiger partial charge in [-0.05, 0) is 62.3 Å². The number of ether oxygens (including phenoxy) is 1. The standard InChI is InChI=1S/C21H23N3O3S/c1-4-24-20(26)16-9-8-15(12-17(16)23-21(24)28)19(25)22-10-11-27-18-13(2)6-5-7-14(18)3/h5-9,12H,4,10-11H2,1-3H3,(H,22,25)(H,23,28). The number of nitrogens with one attached hydrogen (secondary N) is 2. The molecule has 0 aliphatic rings. The summed E-state index contributed by atoms with van der Waals surface area (Å²) in [5.41, 5.74) is 2.98. The second kappa shape index (κ2) is 8.39. The minimum absolute atomic E-state index is 0.157. The quantitative estimate of drug-likeness (QED) is 0.493. The molecule has 0 fully saturated rings. The number of para-hydroxylation sites is 1. The maximum absolute atomic E-state index is 12.4. The van der Waals surface area contributed by atoms with Crippen molar-refractivity contribution in [1.82, 2.24) is 14.9 Å². The maximum Gasteiger partial charge on any atom is 0.262 e. The molecule has 0 atom stereocenters. The Morgan fingerprint density at radius 3 is 2.61 bits per heavy atom. The number of aromatic amines is 1. The van der Waals surface area contributed by atoms with Gasteiger partial charge in [0.25, 0.3) is 11.5 Å². The average molecular weight is 398 g/mol. The van der Waals surface area contributed by atoms with E-state index >= 15 is 0 Å². The van der Waals surface area contributed by atoms with Crippen LogP contribution in [0.4, 0.5) is 0 Å². The first kappa shape index (κ1) is 19.8. The molecule has 6 nitrogen and oxygen atoms in total. The van der Waals surface area contributed by atoms with Gasteiger partial charge in [0.15, 0.2) is 4.77 Å². The Bertz CT molecular complexity index is 1130. The van der Waals surface area contributed by atoms with Gasteiger partial charge in [-0.1, -0.05) is 18.2 Å². The summed E-state index contributed by atoms with van der Waals surface area (Å²) < 4.78 is 7.64. The van der Waals surface area contributed by atoms with Crippen molar-refractivity contribution >= 4 is 29.0 Å². The highest BCUT2D eigenvalue weighted by atomic mass is 32.1. The number of benzene rings is 2. The average Bonchev–Trinajstić information content (AvgIpc) is 2.66. The third kappa shape index (κ3) is 3.99. The lowest BCUT2D eigenvalue weighted by molar-refractivity contribution is 0.0947. The highest BCUT2D eigenvalue weighted by molar-refractivity contribution is 7.71. The Labute approximate surface area is 168 Å². The molecular weight excluding hydrogens is 374 g/mol. The monoisotopic (exact) mass is 397 g/mol. The highest BCUT2D eigenvalue weighted by Crippen LogP contribution is 2.21. The first-order valence-corrected chi connectivity index (χ1v) is 9.57. The number of carbonyl (C=O) groups excluding carboxylic acids is 1. The topological polar surface area (TPSA) is 76.1 Å². The molecule has 0 bridgehead atoms. The van der Waals surface area contributed by atoms with Crippen molar-refractivity contribution in [3.63, 3.8) is 0 Å². The van der Waals surface area contributed by atoms with Crippen molar-refractivity contribution < 1.29 is 9.53 Å². The van der Waals surface area contributed by atoms with Crippen molar-refractivity contribution in [3.8, 4) is 5.75 Å². The third-order valence-corrected chi connectivity index (χ3v) is 4.93. The van der Waals surface area contributed by atoms with E-state index in [4.69, 9.17) is 17.0 Å². The summed E-state index contributed by atoms with van der Waals surface area (Å²) >= 11 is 5.22. The van der Waals surface area contributed by atoms with Crippen LogP contribution in [-0.4, -0.2) is 28.6 Å². The van der Waals surface area contributed by atoms with Crippen LogP contribution >= 0.6 is 12.2 Å². The van der Waals surface area contributed by atoms with Crippen LogP contribution in [0.15, 0.2) is 41.2 Å². The van der Waals surface area contributed by atoms with Crippen LogP contribution in [-0.2, 0) is 6.54 Å². The first-order chi connectivity index (χ1) is 13.4. The molecule has 146 valence electrons. The fraction of sp³-hybridized carbons (Fsp3) is 0.286. The van der Waals surface area contributed by atoms with E-state index in [0.29, 0.717) is 40.9 Å². The number of hydrogen-bond donors (Lipinski definition) is 2. The fourth-order valence-electron chi connectivity index (χ4n) is 3.13. The normalized spacial score (nSPS) is 10.8. The molecule has 0 radical (unpaired) electrons.